The molecule has 280 valence electrons. The van der Waals surface area contributed by atoms with Crippen LogP contribution in [-0.4, -0.2) is 74.5 Å². The lowest BCUT2D eigenvalue weighted by Crippen LogP contribution is -2.60. The molecular formula is C37H34F3N7O4S3. The number of hydrogen-bond donors (Lipinski definition) is 2. The summed E-state index contributed by atoms with van der Waals surface area (Å²) < 4.78 is 97.6. The summed E-state index contributed by atoms with van der Waals surface area (Å²) in [6, 6.07) is 18.9. The van der Waals surface area contributed by atoms with Crippen LogP contribution in [0.5, 0.6) is 0 Å². The zero-order valence-electron chi connectivity index (χ0n) is 28.6. The van der Waals surface area contributed by atoms with Gasteiger partial charge in [0.1, 0.15) is 11.6 Å². The van der Waals surface area contributed by atoms with Gasteiger partial charge in [-0.3, -0.25) is 4.72 Å². The first-order valence-electron chi connectivity index (χ1n) is 17.5. The second-order valence-corrected chi connectivity index (χ2v) is 19.2. The highest BCUT2D eigenvalue weighted by molar-refractivity contribution is 7.93. The molecule has 2 aromatic heterocycles. The van der Waals surface area contributed by atoms with Crippen LogP contribution in [-0.2, 0) is 19.9 Å². The van der Waals surface area contributed by atoms with Crippen molar-refractivity contribution >= 4 is 53.7 Å². The van der Waals surface area contributed by atoms with Gasteiger partial charge in [0.05, 0.1) is 33.5 Å². The van der Waals surface area contributed by atoms with Crippen molar-refractivity contribution in [3.8, 4) is 21.8 Å². The summed E-state index contributed by atoms with van der Waals surface area (Å²) in [6.07, 6.45) is 4.86. The number of piperazine rings is 1. The number of thiazole rings is 1. The topological polar surface area (TPSA) is 137 Å². The molecule has 1 aliphatic carbocycles. The Bertz CT molecular complexity index is 2450. The molecule has 5 heterocycles. The fraction of sp³-hybridized carbons (Fsp3) is 0.324. The number of sulfone groups is 1. The zero-order valence-corrected chi connectivity index (χ0v) is 31.1. The van der Waals surface area contributed by atoms with E-state index in [9.17, 15) is 25.6 Å². The Kier molecular flexibility index (Phi) is 8.39. The minimum absolute atomic E-state index is 0.00483. The standard InChI is InChI=1S/C37H34F3N7O4S3/c38-27-9-5-10-28(39)34(27)54(50,51)45-29-11-4-8-26(31(29)40)32-33(30-14-15-41-35(43-30)42-22-16-37(17-22)20-53(48,49)21-37)52-36(44-32)47-24-12-13-25(47)19-46(18-24)23-6-2-1-3-7-23/h1-11,14-15,22,24-25,45H,12-13,16-21H2,(H,41,42,43). The monoisotopic (exact) mass is 793 g/mol. The number of sulfonamides is 1. The number of fused-ring (bicyclic) bond motifs is 2. The molecule has 54 heavy (non-hydrogen) atoms. The van der Waals surface area contributed by atoms with E-state index in [0.29, 0.717) is 34.5 Å². The number of para-hydroxylation sites is 1. The van der Waals surface area contributed by atoms with Crippen LogP contribution in [0.15, 0.2) is 83.9 Å². The van der Waals surface area contributed by atoms with Crippen molar-refractivity contribution in [2.24, 2.45) is 5.41 Å². The van der Waals surface area contributed by atoms with Crippen LogP contribution in [0.4, 0.5) is 35.6 Å². The van der Waals surface area contributed by atoms with E-state index in [1.165, 1.54) is 29.5 Å². The molecule has 1 spiro atoms. The first-order chi connectivity index (χ1) is 25.9. The van der Waals surface area contributed by atoms with E-state index < -0.39 is 47.9 Å². The fourth-order valence-electron chi connectivity index (χ4n) is 8.52. The Morgan fingerprint density at radius 2 is 1.54 bits per heavy atom. The van der Waals surface area contributed by atoms with Gasteiger partial charge in [-0.1, -0.05) is 41.7 Å². The molecule has 1 saturated carbocycles. The molecule has 17 heteroatoms. The second kappa shape index (κ2) is 12.9. The Balaban J connectivity index is 1.07. The number of nitrogens with one attached hydrogen (secondary N) is 2. The lowest BCUT2D eigenvalue weighted by Gasteiger charge is -2.53. The molecule has 2 N–H and O–H groups in total. The SMILES string of the molecule is O=S1(=O)CC2(CC(Nc3nccc(-c4sc(N5C6CCC5CN(c5ccccc5)C6)nc4-c4cccc(NS(=O)(=O)c5c(F)cccc5F)c4F)n3)C2)C1. The molecule has 3 aromatic carbocycles. The highest BCUT2D eigenvalue weighted by atomic mass is 32.2. The molecule has 0 amide bonds. The van der Waals surface area contributed by atoms with Gasteiger partial charge in [0.15, 0.2) is 25.7 Å². The average Bonchev–Trinajstić information content (AvgIpc) is 3.65. The van der Waals surface area contributed by atoms with Crippen LogP contribution in [0.25, 0.3) is 21.8 Å². The van der Waals surface area contributed by atoms with E-state index in [-0.39, 0.29) is 46.3 Å². The van der Waals surface area contributed by atoms with E-state index in [0.717, 1.165) is 49.8 Å². The maximum absolute atomic E-state index is 16.6. The van der Waals surface area contributed by atoms with Crippen molar-refractivity contribution in [3.63, 3.8) is 0 Å². The molecule has 2 atom stereocenters. The van der Waals surface area contributed by atoms with E-state index in [4.69, 9.17) is 9.97 Å². The third kappa shape index (κ3) is 6.24. The van der Waals surface area contributed by atoms with E-state index >= 15 is 4.39 Å². The number of benzene rings is 3. The number of hydrogen-bond acceptors (Lipinski definition) is 11. The van der Waals surface area contributed by atoms with Gasteiger partial charge in [-0.25, -0.2) is 45.0 Å². The predicted octanol–water partition coefficient (Wildman–Crippen LogP) is 6.33. The van der Waals surface area contributed by atoms with E-state index in [1.54, 1.807) is 12.3 Å². The third-order valence-electron chi connectivity index (χ3n) is 10.8. The van der Waals surface area contributed by atoms with Gasteiger partial charge in [-0.15, -0.1) is 0 Å². The summed E-state index contributed by atoms with van der Waals surface area (Å²) in [5.41, 5.74) is 1.11. The van der Waals surface area contributed by atoms with Crippen molar-refractivity contribution in [2.45, 2.75) is 48.7 Å². The molecule has 4 aliphatic rings. The van der Waals surface area contributed by atoms with Gasteiger partial charge in [0, 0.05) is 54.1 Å². The summed E-state index contributed by atoms with van der Waals surface area (Å²) in [5.74, 6) is -2.87. The Hall–Kier alpha value is -4.74. The molecule has 11 nitrogen and oxygen atoms in total. The van der Waals surface area contributed by atoms with Gasteiger partial charge in [-0.05, 0) is 68.1 Å². The predicted molar refractivity (Wildman–Crippen MR) is 201 cm³/mol. The van der Waals surface area contributed by atoms with Crippen molar-refractivity contribution in [1.29, 1.82) is 0 Å². The third-order valence-corrected chi connectivity index (χ3v) is 15.4. The lowest BCUT2D eigenvalue weighted by molar-refractivity contribution is 0.153. The minimum Gasteiger partial charge on any atom is -0.367 e. The Morgan fingerprint density at radius 1 is 0.852 bits per heavy atom. The van der Waals surface area contributed by atoms with Gasteiger partial charge >= 0.3 is 0 Å². The normalized spacial score (nSPS) is 21.5. The van der Waals surface area contributed by atoms with E-state index in [1.807, 2.05) is 22.9 Å². The number of rotatable bonds is 9. The first kappa shape index (κ1) is 35.0. The molecule has 0 radical (unpaired) electrons. The molecule has 2 bridgehead atoms. The summed E-state index contributed by atoms with van der Waals surface area (Å²) in [7, 11) is -7.82. The zero-order chi connectivity index (χ0) is 37.4. The minimum atomic E-state index is -4.86. The maximum Gasteiger partial charge on any atom is 0.267 e. The summed E-state index contributed by atoms with van der Waals surface area (Å²) in [6.45, 7) is 1.55. The van der Waals surface area contributed by atoms with Crippen LogP contribution in [0.2, 0.25) is 0 Å². The molecule has 5 aromatic rings. The number of anilines is 4. The van der Waals surface area contributed by atoms with Crippen molar-refractivity contribution in [1.82, 2.24) is 15.0 Å². The highest BCUT2D eigenvalue weighted by Gasteiger charge is 2.56. The molecule has 9 rings (SSSR count). The van der Waals surface area contributed by atoms with E-state index in [2.05, 4.69) is 32.2 Å². The summed E-state index contributed by atoms with van der Waals surface area (Å²) in [5, 5.41) is 3.99. The van der Waals surface area contributed by atoms with Crippen LogP contribution >= 0.6 is 11.3 Å². The lowest BCUT2D eigenvalue weighted by atomic mass is 9.67. The molecule has 3 aliphatic heterocycles. The quantitative estimate of drug-likeness (QED) is 0.174. The van der Waals surface area contributed by atoms with Crippen molar-refractivity contribution < 1.29 is 30.0 Å². The van der Waals surface area contributed by atoms with Gasteiger partial charge in [0.2, 0.25) is 5.95 Å². The summed E-state index contributed by atoms with van der Waals surface area (Å²) in [4.78, 5) is 18.2. The Morgan fingerprint density at radius 3 is 2.22 bits per heavy atom. The van der Waals surface area contributed by atoms with Crippen LogP contribution < -0.4 is 19.8 Å². The number of aromatic nitrogens is 3. The highest BCUT2D eigenvalue weighted by Crippen LogP contribution is 2.51. The molecule has 2 unspecified atom stereocenters. The summed E-state index contributed by atoms with van der Waals surface area (Å²) >= 11 is 1.35. The van der Waals surface area contributed by atoms with Crippen LogP contribution in [0.3, 0.4) is 0 Å². The molecular weight excluding hydrogens is 760 g/mol. The smallest absolute Gasteiger partial charge is 0.267 e. The average molecular weight is 794 g/mol. The Labute approximate surface area is 314 Å². The number of nitrogens with zero attached hydrogens (tertiary/aromatic N) is 5. The van der Waals surface area contributed by atoms with Gasteiger partial charge in [0.25, 0.3) is 10.0 Å². The fourth-order valence-corrected chi connectivity index (χ4v) is 13.2. The van der Waals surface area contributed by atoms with Gasteiger partial charge in [-0.2, -0.15) is 0 Å². The largest absolute Gasteiger partial charge is 0.367 e. The second-order valence-electron chi connectivity index (χ2n) is 14.6. The van der Waals surface area contributed by atoms with Gasteiger partial charge < -0.3 is 15.1 Å². The van der Waals surface area contributed by atoms with Crippen molar-refractivity contribution in [3.05, 3.63) is 96.4 Å². The van der Waals surface area contributed by atoms with Crippen LogP contribution in [0.1, 0.15) is 25.7 Å². The first-order valence-corrected chi connectivity index (χ1v) is 21.6. The number of halogens is 3. The molecule has 3 saturated heterocycles. The maximum atomic E-state index is 16.6. The van der Waals surface area contributed by atoms with Crippen LogP contribution in [0, 0.1) is 22.9 Å². The van der Waals surface area contributed by atoms with Crippen molar-refractivity contribution in [2.75, 3.05) is 44.4 Å². The molecule has 4 fully saturated rings.